The van der Waals surface area contributed by atoms with Crippen LogP contribution < -0.4 is 16.0 Å². The van der Waals surface area contributed by atoms with E-state index in [4.69, 9.17) is 0 Å². The number of para-hydroxylation sites is 2. The number of carbonyl (C=O) groups is 3. The van der Waals surface area contributed by atoms with Crippen LogP contribution in [0.5, 0.6) is 0 Å². The van der Waals surface area contributed by atoms with Crippen molar-refractivity contribution >= 4 is 29.1 Å². The van der Waals surface area contributed by atoms with Crippen molar-refractivity contribution in [1.29, 1.82) is 0 Å². The average Bonchev–Trinajstić information content (AvgIpc) is 2.65. The van der Waals surface area contributed by atoms with Crippen molar-refractivity contribution in [2.24, 2.45) is 0 Å². The highest BCUT2D eigenvalue weighted by atomic mass is 16.2. The summed E-state index contributed by atoms with van der Waals surface area (Å²) in [6.45, 7) is 3.39. The van der Waals surface area contributed by atoms with Gasteiger partial charge in [-0.15, -0.1) is 0 Å². The Morgan fingerprint density at radius 3 is 2.55 bits per heavy atom. The van der Waals surface area contributed by atoms with Crippen LogP contribution in [-0.2, 0) is 14.4 Å². The summed E-state index contributed by atoms with van der Waals surface area (Å²) in [5.41, 5.74) is 1.13. The maximum atomic E-state index is 12.1. The Balaban J connectivity index is 1.94. The maximum Gasteiger partial charge on any atom is 0.238 e. The van der Waals surface area contributed by atoms with E-state index < -0.39 is 0 Å². The molecule has 0 atom stereocenters. The van der Waals surface area contributed by atoms with Crippen LogP contribution >= 0.6 is 0 Å². The van der Waals surface area contributed by atoms with Crippen LogP contribution in [0.2, 0.25) is 0 Å². The van der Waals surface area contributed by atoms with Crippen LogP contribution in [0.1, 0.15) is 13.3 Å². The van der Waals surface area contributed by atoms with Gasteiger partial charge in [-0.05, 0) is 12.1 Å². The van der Waals surface area contributed by atoms with E-state index in [0.29, 0.717) is 37.4 Å². The molecule has 7 nitrogen and oxygen atoms in total. The molecule has 0 saturated carbocycles. The fraction of sp³-hybridized carbons (Fsp3) is 0.400. The smallest absolute Gasteiger partial charge is 0.238 e. The van der Waals surface area contributed by atoms with E-state index in [9.17, 15) is 14.4 Å². The topological polar surface area (TPSA) is 90.5 Å². The summed E-state index contributed by atoms with van der Waals surface area (Å²) in [5.74, 6) is -0.357. The summed E-state index contributed by atoms with van der Waals surface area (Å²) in [5, 5.41) is 8.24. The summed E-state index contributed by atoms with van der Waals surface area (Å²) >= 11 is 0. The minimum atomic E-state index is -0.196. The van der Waals surface area contributed by atoms with Crippen molar-refractivity contribution in [2.45, 2.75) is 13.3 Å². The highest BCUT2D eigenvalue weighted by Crippen LogP contribution is 2.20. The first-order valence-corrected chi connectivity index (χ1v) is 7.20. The van der Waals surface area contributed by atoms with E-state index in [2.05, 4.69) is 16.0 Å². The second kappa shape index (κ2) is 7.56. The minimum absolute atomic E-state index is 0.0129. The Morgan fingerprint density at radius 2 is 1.86 bits per heavy atom. The normalized spacial score (nSPS) is 15.6. The fourth-order valence-corrected chi connectivity index (χ4v) is 2.25. The number of rotatable bonds is 4. The standard InChI is InChI=1S/C15H20N4O3/c1-11(20)17-12-4-2-3-5-13(12)18-15(22)10-19-8-6-14(21)16-7-9-19/h2-5H,6-10H2,1H3,(H,16,21)(H,17,20)(H,18,22). The number of hydrogen-bond donors (Lipinski definition) is 3. The Kier molecular flexibility index (Phi) is 5.48. The molecule has 1 aliphatic rings. The van der Waals surface area contributed by atoms with Gasteiger partial charge in [0.05, 0.1) is 17.9 Å². The molecule has 0 spiro atoms. The molecule has 1 saturated heterocycles. The number of nitrogens with zero attached hydrogens (tertiary/aromatic N) is 1. The van der Waals surface area contributed by atoms with Gasteiger partial charge in [0.1, 0.15) is 0 Å². The average molecular weight is 304 g/mol. The van der Waals surface area contributed by atoms with Crippen molar-refractivity contribution in [3.63, 3.8) is 0 Å². The summed E-state index contributed by atoms with van der Waals surface area (Å²) in [6, 6.07) is 7.03. The third kappa shape index (κ3) is 4.85. The van der Waals surface area contributed by atoms with Crippen LogP contribution in [0.4, 0.5) is 11.4 Å². The largest absolute Gasteiger partial charge is 0.355 e. The van der Waals surface area contributed by atoms with Gasteiger partial charge in [0, 0.05) is 33.0 Å². The molecule has 118 valence electrons. The lowest BCUT2D eigenvalue weighted by molar-refractivity contribution is -0.121. The zero-order chi connectivity index (χ0) is 15.9. The van der Waals surface area contributed by atoms with Crippen molar-refractivity contribution < 1.29 is 14.4 Å². The molecule has 0 radical (unpaired) electrons. The Bertz CT molecular complexity index is 574. The second-order valence-electron chi connectivity index (χ2n) is 5.15. The molecular formula is C15H20N4O3. The number of benzene rings is 1. The zero-order valence-electron chi connectivity index (χ0n) is 12.5. The van der Waals surface area contributed by atoms with Crippen molar-refractivity contribution in [3.8, 4) is 0 Å². The highest BCUT2D eigenvalue weighted by molar-refractivity contribution is 5.99. The first-order chi connectivity index (χ1) is 10.5. The van der Waals surface area contributed by atoms with E-state index in [1.54, 1.807) is 24.3 Å². The molecule has 3 N–H and O–H groups in total. The Labute approximate surface area is 129 Å². The summed E-state index contributed by atoms with van der Waals surface area (Å²) in [7, 11) is 0. The predicted molar refractivity (Wildman–Crippen MR) is 83.4 cm³/mol. The zero-order valence-corrected chi connectivity index (χ0v) is 12.5. The quantitative estimate of drug-likeness (QED) is 0.751. The third-order valence-electron chi connectivity index (χ3n) is 3.28. The molecule has 1 aromatic carbocycles. The lowest BCUT2D eigenvalue weighted by atomic mass is 10.2. The van der Waals surface area contributed by atoms with E-state index in [1.165, 1.54) is 6.92 Å². The molecule has 0 aliphatic carbocycles. The van der Waals surface area contributed by atoms with Crippen LogP contribution in [0.3, 0.4) is 0 Å². The van der Waals surface area contributed by atoms with Gasteiger partial charge in [-0.2, -0.15) is 0 Å². The molecule has 1 aliphatic heterocycles. The number of carbonyl (C=O) groups excluding carboxylic acids is 3. The molecule has 1 fully saturated rings. The molecule has 0 aromatic heterocycles. The second-order valence-corrected chi connectivity index (χ2v) is 5.15. The first kappa shape index (κ1) is 16.0. The SMILES string of the molecule is CC(=O)Nc1ccccc1NC(=O)CN1CCNC(=O)CC1. The van der Waals surface area contributed by atoms with E-state index in [1.807, 2.05) is 4.90 Å². The number of nitrogens with one attached hydrogen (secondary N) is 3. The van der Waals surface area contributed by atoms with Gasteiger partial charge in [0.2, 0.25) is 17.7 Å². The van der Waals surface area contributed by atoms with E-state index >= 15 is 0 Å². The molecule has 0 bridgehead atoms. The molecule has 2 rings (SSSR count). The number of amides is 3. The van der Waals surface area contributed by atoms with Crippen LogP contribution in [-0.4, -0.2) is 48.8 Å². The van der Waals surface area contributed by atoms with Gasteiger partial charge in [-0.3, -0.25) is 19.3 Å². The lowest BCUT2D eigenvalue weighted by Crippen LogP contribution is -2.35. The van der Waals surface area contributed by atoms with Crippen molar-refractivity contribution in [2.75, 3.05) is 36.8 Å². The van der Waals surface area contributed by atoms with Crippen LogP contribution in [0, 0.1) is 0 Å². The molecular weight excluding hydrogens is 284 g/mol. The summed E-state index contributed by atoms with van der Waals surface area (Å²) in [6.07, 6.45) is 0.399. The van der Waals surface area contributed by atoms with Crippen LogP contribution in [0.25, 0.3) is 0 Å². The van der Waals surface area contributed by atoms with Crippen LogP contribution in [0.15, 0.2) is 24.3 Å². The summed E-state index contributed by atoms with van der Waals surface area (Å²) < 4.78 is 0. The van der Waals surface area contributed by atoms with Gasteiger partial charge in [-0.25, -0.2) is 0 Å². The molecule has 0 unspecified atom stereocenters. The van der Waals surface area contributed by atoms with Gasteiger partial charge >= 0.3 is 0 Å². The Hall–Kier alpha value is -2.41. The van der Waals surface area contributed by atoms with Gasteiger partial charge in [-0.1, -0.05) is 12.1 Å². The van der Waals surface area contributed by atoms with E-state index in [0.717, 1.165) is 0 Å². The number of anilines is 2. The molecule has 22 heavy (non-hydrogen) atoms. The molecule has 3 amide bonds. The van der Waals surface area contributed by atoms with Crippen molar-refractivity contribution in [3.05, 3.63) is 24.3 Å². The Morgan fingerprint density at radius 1 is 1.18 bits per heavy atom. The molecule has 7 heteroatoms. The molecule has 1 heterocycles. The van der Waals surface area contributed by atoms with Gasteiger partial charge in [0.25, 0.3) is 0 Å². The van der Waals surface area contributed by atoms with Gasteiger partial charge in [0.15, 0.2) is 0 Å². The maximum absolute atomic E-state index is 12.1. The monoisotopic (exact) mass is 304 g/mol. The fourth-order valence-electron chi connectivity index (χ4n) is 2.25. The highest BCUT2D eigenvalue weighted by Gasteiger charge is 2.16. The van der Waals surface area contributed by atoms with Crippen molar-refractivity contribution in [1.82, 2.24) is 10.2 Å². The molecule has 1 aromatic rings. The lowest BCUT2D eigenvalue weighted by Gasteiger charge is -2.19. The first-order valence-electron chi connectivity index (χ1n) is 7.20. The summed E-state index contributed by atoms with van der Waals surface area (Å²) in [4.78, 5) is 36.5. The third-order valence-corrected chi connectivity index (χ3v) is 3.28. The predicted octanol–water partition coefficient (Wildman–Crippen LogP) is 0.405. The number of hydrogen-bond acceptors (Lipinski definition) is 4. The minimum Gasteiger partial charge on any atom is -0.355 e. The van der Waals surface area contributed by atoms with E-state index in [-0.39, 0.29) is 24.3 Å². The van der Waals surface area contributed by atoms with Gasteiger partial charge < -0.3 is 16.0 Å².